The molecule has 0 saturated heterocycles. The molecule has 3 nitrogen and oxygen atoms in total. The van der Waals surface area contributed by atoms with Crippen LogP contribution in [0.15, 0.2) is 0 Å². The molecule has 0 bridgehead atoms. The van der Waals surface area contributed by atoms with Gasteiger partial charge in [0.05, 0.1) is 0 Å². The Morgan fingerprint density at radius 2 is 1.72 bits per heavy atom. The fourth-order valence-electron chi connectivity index (χ4n) is 3.33. The van der Waals surface area contributed by atoms with Crippen molar-refractivity contribution < 1.29 is 4.79 Å². The molecule has 1 amide bonds. The van der Waals surface area contributed by atoms with Crippen molar-refractivity contribution in [3.05, 3.63) is 0 Å². The van der Waals surface area contributed by atoms with Gasteiger partial charge in [-0.3, -0.25) is 4.79 Å². The lowest BCUT2D eigenvalue weighted by atomic mass is 9.85. The second kappa shape index (κ2) is 6.55. The summed E-state index contributed by atoms with van der Waals surface area (Å²) in [5, 5.41) is 3.28. The van der Waals surface area contributed by atoms with E-state index in [2.05, 4.69) is 12.2 Å². The summed E-state index contributed by atoms with van der Waals surface area (Å²) >= 11 is 0. The quantitative estimate of drug-likeness (QED) is 0.742. The maximum atomic E-state index is 12.2. The molecule has 2 unspecified atom stereocenters. The first-order valence-corrected chi connectivity index (χ1v) is 7.71. The van der Waals surface area contributed by atoms with Crippen LogP contribution < -0.4 is 11.1 Å². The Bertz CT molecular complexity index is 272. The third-order valence-corrected chi connectivity index (χ3v) is 4.75. The third-order valence-electron chi connectivity index (χ3n) is 4.75. The van der Waals surface area contributed by atoms with Gasteiger partial charge in [0, 0.05) is 18.0 Å². The molecule has 0 aromatic rings. The Hall–Kier alpha value is -0.570. The summed E-state index contributed by atoms with van der Waals surface area (Å²) in [6.45, 7) is 2.33. The first-order valence-electron chi connectivity index (χ1n) is 7.71. The average molecular weight is 252 g/mol. The molecular weight excluding hydrogens is 224 g/mol. The van der Waals surface area contributed by atoms with Crippen LogP contribution in [0.4, 0.5) is 0 Å². The van der Waals surface area contributed by atoms with Crippen molar-refractivity contribution in [3.8, 4) is 0 Å². The van der Waals surface area contributed by atoms with E-state index < -0.39 is 0 Å². The lowest BCUT2D eigenvalue weighted by Gasteiger charge is -2.27. The fraction of sp³-hybridized carbons (Fsp3) is 0.933. The van der Waals surface area contributed by atoms with Crippen LogP contribution in [0.1, 0.15) is 64.7 Å². The molecular formula is C15H28N2O. The molecule has 3 heteroatoms. The minimum Gasteiger partial charge on any atom is -0.353 e. The molecule has 3 N–H and O–H groups in total. The first-order chi connectivity index (χ1) is 8.65. The van der Waals surface area contributed by atoms with Crippen LogP contribution in [0.3, 0.4) is 0 Å². The van der Waals surface area contributed by atoms with Crippen LogP contribution in [0.25, 0.3) is 0 Å². The predicted molar refractivity (Wildman–Crippen MR) is 74.1 cm³/mol. The van der Waals surface area contributed by atoms with Gasteiger partial charge in [0.1, 0.15) is 0 Å². The number of hydrogen-bond acceptors (Lipinski definition) is 2. The fourth-order valence-corrected chi connectivity index (χ4v) is 3.33. The van der Waals surface area contributed by atoms with Gasteiger partial charge in [-0.1, -0.05) is 19.8 Å². The molecule has 0 aromatic carbocycles. The van der Waals surface area contributed by atoms with Gasteiger partial charge in [-0.25, -0.2) is 0 Å². The van der Waals surface area contributed by atoms with Crippen molar-refractivity contribution in [2.45, 2.75) is 76.8 Å². The summed E-state index contributed by atoms with van der Waals surface area (Å²) in [5.41, 5.74) is 5.89. The van der Waals surface area contributed by atoms with Crippen molar-refractivity contribution in [2.75, 3.05) is 0 Å². The van der Waals surface area contributed by atoms with Crippen molar-refractivity contribution in [1.82, 2.24) is 5.32 Å². The smallest absolute Gasteiger partial charge is 0.223 e. The maximum Gasteiger partial charge on any atom is 0.223 e. The van der Waals surface area contributed by atoms with E-state index in [-0.39, 0.29) is 5.92 Å². The third kappa shape index (κ3) is 3.98. The number of carbonyl (C=O) groups excluding carboxylic acids is 1. The van der Waals surface area contributed by atoms with E-state index in [1.165, 1.54) is 32.1 Å². The summed E-state index contributed by atoms with van der Waals surface area (Å²) in [6, 6.07) is 0.755. The van der Waals surface area contributed by atoms with Gasteiger partial charge < -0.3 is 11.1 Å². The van der Waals surface area contributed by atoms with E-state index in [0.717, 1.165) is 31.6 Å². The molecule has 0 aliphatic heterocycles. The highest BCUT2D eigenvalue weighted by atomic mass is 16.1. The van der Waals surface area contributed by atoms with Gasteiger partial charge in [0.25, 0.3) is 0 Å². The van der Waals surface area contributed by atoms with Gasteiger partial charge in [0.2, 0.25) is 5.91 Å². The molecule has 2 aliphatic carbocycles. The Labute approximate surface area is 111 Å². The van der Waals surface area contributed by atoms with Crippen LogP contribution in [-0.4, -0.2) is 18.0 Å². The van der Waals surface area contributed by atoms with E-state index in [9.17, 15) is 4.79 Å². The SMILES string of the molecule is CC1CCCC(NC(=O)C2CCC(N)CC2)CC1. The molecule has 2 fully saturated rings. The summed E-state index contributed by atoms with van der Waals surface area (Å²) in [4.78, 5) is 12.2. The van der Waals surface area contributed by atoms with Crippen molar-refractivity contribution >= 4 is 5.91 Å². The first kappa shape index (κ1) is 13.9. The highest BCUT2D eigenvalue weighted by molar-refractivity contribution is 5.79. The number of hydrogen-bond donors (Lipinski definition) is 2. The Morgan fingerprint density at radius 3 is 2.44 bits per heavy atom. The average Bonchev–Trinajstić information content (AvgIpc) is 2.55. The maximum absolute atomic E-state index is 12.2. The summed E-state index contributed by atoms with van der Waals surface area (Å²) in [6.07, 6.45) is 10.2. The molecule has 0 spiro atoms. The number of carbonyl (C=O) groups is 1. The monoisotopic (exact) mass is 252 g/mol. The number of amides is 1. The van der Waals surface area contributed by atoms with Gasteiger partial charge >= 0.3 is 0 Å². The standard InChI is InChI=1S/C15H28N2O/c1-11-3-2-4-14(10-5-11)17-15(18)12-6-8-13(16)9-7-12/h11-14H,2-10,16H2,1H3,(H,17,18). The molecule has 104 valence electrons. The summed E-state index contributed by atoms with van der Waals surface area (Å²) < 4.78 is 0. The van der Waals surface area contributed by atoms with E-state index in [1.54, 1.807) is 0 Å². The van der Waals surface area contributed by atoms with Crippen molar-refractivity contribution in [3.63, 3.8) is 0 Å². The highest BCUT2D eigenvalue weighted by Gasteiger charge is 2.26. The molecule has 0 heterocycles. The van der Waals surface area contributed by atoms with Crippen LogP contribution in [0, 0.1) is 11.8 Å². The van der Waals surface area contributed by atoms with Crippen LogP contribution >= 0.6 is 0 Å². The van der Waals surface area contributed by atoms with Gasteiger partial charge in [-0.2, -0.15) is 0 Å². The molecule has 2 atom stereocenters. The van der Waals surface area contributed by atoms with Gasteiger partial charge in [-0.15, -0.1) is 0 Å². The Kier molecular flexibility index (Phi) is 5.04. The zero-order valence-electron chi connectivity index (χ0n) is 11.7. The molecule has 18 heavy (non-hydrogen) atoms. The number of nitrogens with one attached hydrogen (secondary N) is 1. The summed E-state index contributed by atoms with van der Waals surface area (Å²) in [5.74, 6) is 1.35. The van der Waals surface area contributed by atoms with E-state index in [1.807, 2.05) is 0 Å². The normalized spacial score (nSPS) is 37.9. The Morgan fingerprint density at radius 1 is 1.00 bits per heavy atom. The van der Waals surface area contributed by atoms with Crippen LogP contribution in [0.5, 0.6) is 0 Å². The zero-order valence-corrected chi connectivity index (χ0v) is 11.7. The molecule has 2 saturated carbocycles. The second-order valence-electron chi connectivity index (χ2n) is 6.43. The van der Waals surface area contributed by atoms with Gasteiger partial charge in [0.15, 0.2) is 0 Å². The lowest BCUT2D eigenvalue weighted by molar-refractivity contribution is -0.126. The van der Waals surface area contributed by atoms with Crippen LogP contribution in [0.2, 0.25) is 0 Å². The predicted octanol–water partition coefficient (Wildman–Crippen LogP) is 2.59. The topological polar surface area (TPSA) is 55.1 Å². The van der Waals surface area contributed by atoms with Crippen molar-refractivity contribution in [1.29, 1.82) is 0 Å². The highest BCUT2D eigenvalue weighted by Crippen LogP contribution is 2.26. The molecule has 2 rings (SSSR count). The van der Waals surface area contributed by atoms with Crippen molar-refractivity contribution in [2.24, 2.45) is 17.6 Å². The molecule has 0 aromatic heterocycles. The largest absolute Gasteiger partial charge is 0.353 e. The minimum atomic E-state index is 0.227. The zero-order chi connectivity index (χ0) is 13.0. The number of rotatable bonds is 2. The van der Waals surface area contributed by atoms with E-state index >= 15 is 0 Å². The van der Waals surface area contributed by atoms with Gasteiger partial charge in [-0.05, 0) is 50.9 Å². The lowest BCUT2D eigenvalue weighted by Crippen LogP contribution is -2.41. The molecule has 0 radical (unpaired) electrons. The second-order valence-corrected chi connectivity index (χ2v) is 6.43. The summed E-state index contributed by atoms with van der Waals surface area (Å²) in [7, 11) is 0. The number of nitrogens with two attached hydrogens (primary N) is 1. The molecule has 2 aliphatic rings. The van der Waals surface area contributed by atoms with Crippen LogP contribution in [-0.2, 0) is 4.79 Å². The minimum absolute atomic E-state index is 0.227. The Balaban J connectivity index is 1.76. The van der Waals surface area contributed by atoms with E-state index in [0.29, 0.717) is 18.0 Å². The van der Waals surface area contributed by atoms with E-state index in [4.69, 9.17) is 5.73 Å².